The van der Waals surface area contributed by atoms with Crippen LogP contribution in [0.3, 0.4) is 0 Å². The Bertz CT molecular complexity index is 863. The Kier molecular flexibility index (Phi) is 5.40. The van der Waals surface area contributed by atoms with Gasteiger partial charge >= 0.3 is 5.97 Å². The van der Waals surface area contributed by atoms with Gasteiger partial charge in [-0.3, -0.25) is 9.59 Å². The highest BCUT2D eigenvalue weighted by molar-refractivity contribution is 6.00. The number of carbonyl (C=O) groups excluding carboxylic acids is 2. The summed E-state index contributed by atoms with van der Waals surface area (Å²) in [5, 5.41) is 12.0. The molecule has 7 heteroatoms. The molecular formula is C20H20N2O5. The van der Waals surface area contributed by atoms with Crippen LogP contribution in [-0.2, 0) is 9.59 Å². The van der Waals surface area contributed by atoms with E-state index in [0.717, 1.165) is 6.42 Å². The summed E-state index contributed by atoms with van der Waals surface area (Å²) in [6, 6.07) is 11.9. The van der Waals surface area contributed by atoms with E-state index in [0.29, 0.717) is 35.5 Å². The molecule has 0 bridgehead atoms. The summed E-state index contributed by atoms with van der Waals surface area (Å²) >= 11 is 0. The van der Waals surface area contributed by atoms with E-state index in [1.54, 1.807) is 53.4 Å². The fourth-order valence-corrected chi connectivity index (χ4v) is 3.03. The lowest BCUT2D eigenvalue weighted by Gasteiger charge is -2.18. The van der Waals surface area contributed by atoms with Crippen molar-refractivity contribution in [1.82, 2.24) is 5.32 Å². The van der Waals surface area contributed by atoms with Gasteiger partial charge in [0.15, 0.2) is 6.04 Å². The molecule has 2 amide bonds. The molecule has 2 aromatic rings. The Labute approximate surface area is 156 Å². The third-order valence-electron chi connectivity index (χ3n) is 4.46. The maximum Gasteiger partial charge on any atom is 0.330 e. The van der Waals surface area contributed by atoms with Gasteiger partial charge in [0.2, 0.25) is 5.91 Å². The number of methoxy groups -OCH3 is 1. The summed E-state index contributed by atoms with van der Waals surface area (Å²) in [7, 11) is 1.52. The summed E-state index contributed by atoms with van der Waals surface area (Å²) in [6.07, 6.45) is 1.28. The van der Waals surface area contributed by atoms with Crippen LogP contribution < -0.4 is 15.0 Å². The molecule has 7 nitrogen and oxygen atoms in total. The van der Waals surface area contributed by atoms with Crippen LogP contribution in [0.5, 0.6) is 5.75 Å². The fourth-order valence-electron chi connectivity index (χ4n) is 3.03. The summed E-state index contributed by atoms with van der Waals surface area (Å²) in [5.74, 6) is -1.07. The zero-order valence-electron chi connectivity index (χ0n) is 14.8. The number of benzene rings is 2. The molecule has 1 heterocycles. The van der Waals surface area contributed by atoms with Crippen molar-refractivity contribution >= 4 is 23.5 Å². The standard InChI is InChI=1S/C20H20N2O5/c1-27-16-9-7-13(8-10-16)18(20(25)26)21-19(24)14-4-2-5-15(12-14)22-11-3-6-17(22)23/h2,4-5,7-10,12,18H,3,6,11H2,1H3,(H,21,24)(H,25,26). The van der Waals surface area contributed by atoms with Crippen molar-refractivity contribution in [2.24, 2.45) is 0 Å². The summed E-state index contributed by atoms with van der Waals surface area (Å²) in [6.45, 7) is 0.619. The minimum Gasteiger partial charge on any atom is -0.497 e. The van der Waals surface area contributed by atoms with Crippen molar-refractivity contribution in [3.63, 3.8) is 0 Å². The van der Waals surface area contributed by atoms with Gasteiger partial charge in [0.1, 0.15) is 5.75 Å². The van der Waals surface area contributed by atoms with Crippen LogP contribution in [0.15, 0.2) is 48.5 Å². The van der Waals surface area contributed by atoms with Gasteiger partial charge in [-0.25, -0.2) is 4.79 Å². The van der Waals surface area contributed by atoms with Crippen molar-refractivity contribution in [2.75, 3.05) is 18.6 Å². The van der Waals surface area contributed by atoms with Gasteiger partial charge in [-0.1, -0.05) is 18.2 Å². The molecule has 2 N–H and O–H groups in total. The highest BCUT2D eigenvalue weighted by Gasteiger charge is 2.25. The van der Waals surface area contributed by atoms with Gasteiger partial charge in [-0.15, -0.1) is 0 Å². The highest BCUT2D eigenvalue weighted by Crippen LogP contribution is 2.23. The Hall–Kier alpha value is -3.35. The quantitative estimate of drug-likeness (QED) is 0.816. The third kappa shape index (κ3) is 4.08. The maximum atomic E-state index is 12.6. The number of carboxylic acid groups (broad SMARTS) is 1. The molecule has 1 aliphatic rings. The molecular weight excluding hydrogens is 348 g/mol. The zero-order valence-corrected chi connectivity index (χ0v) is 14.8. The second-order valence-corrected chi connectivity index (χ2v) is 6.22. The lowest BCUT2D eigenvalue weighted by atomic mass is 10.1. The number of amides is 2. The zero-order chi connectivity index (χ0) is 19.4. The van der Waals surface area contributed by atoms with Crippen LogP contribution in [-0.4, -0.2) is 36.5 Å². The summed E-state index contributed by atoms with van der Waals surface area (Å²) in [4.78, 5) is 37.8. The summed E-state index contributed by atoms with van der Waals surface area (Å²) in [5.41, 5.74) is 1.37. The lowest BCUT2D eigenvalue weighted by Crippen LogP contribution is -2.34. The van der Waals surface area contributed by atoms with E-state index in [1.165, 1.54) is 7.11 Å². The second-order valence-electron chi connectivity index (χ2n) is 6.22. The van der Waals surface area contributed by atoms with Gasteiger partial charge in [-0.2, -0.15) is 0 Å². The number of aliphatic carboxylic acids is 1. The predicted molar refractivity (Wildman–Crippen MR) is 98.9 cm³/mol. The first-order chi connectivity index (χ1) is 13.0. The molecule has 140 valence electrons. The SMILES string of the molecule is COc1ccc(C(NC(=O)c2cccc(N3CCCC3=O)c2)C(=O)O)cc1. The molecule has 0 aliphatic carbocycles. The third-order valence-corrected chi connectivity index (χ3v) is 4.46. The van der Waals surface area contributed by atoms with Crippen LogP contribution in [0.1, 0.15) is 34.8 Å². The van der Waals surface area contributed by atoms with E-state index < -0.39 is 17.9 Å². The number of ether oxygens (including phenoxy) is 1. The van der Waals surface area contributed by atoms with E-state index in [9.17, 15) is 19.5 Å². The minimum atomic E-state index is -1.19. The van der Waals surface area contributed by atoms with E-state index in [-0.39, 0.29) is 5.91 Å². The van der Waals surface area contributed by atoms with Crippen molar-refractivity contribution in [3.8, 4) is 5.75 Å². The predicted octanol–water partition coefficient (Wildman–Crippen LogP) is 2.38. The number of nitrogens with zero attached hydrogens (tertiary/aromatic N) is 1. The Balaban J connectivity index is 1.79. The highest BCUT2D eigenvalue weighted by atomic mass is 16.5. The first kappa shape index (κ1) is 18.4. The Morgan fingerprint density at radius 3 is 2.52 bits per heavy atom. The normalized spacial score (nSPS) is 14.7. The van der Waals surface area contributed by atoms with Crippen molar-refractivity contribution < 1.29 is 24.2 Å². The van der Waals surface area contributed by atoms with Crippen LogP contribution in [0.4, 0.5) is 5.69 Å². The number of rotatable bonds is 6. The number of carboxylic acids is 1. The fraction of sp³-hybridized carbons (Fsp3) is 0.250. The van der Waals surface area contributed by atoms with Crippen LogP contribution in [0.25, 0.3) is 0 Å². The molecule has 27 heavy (non-hydrogen) atoms. The van der Waals surface area contributed by atoms with Crippen LogP contribution in [0, 0.1) is 0 Å². The monoisotopic (exact) mass is 368 g/mol. The molecule has 1 aliphatic heterocycles. The topological polar surface area (TPSA) is 95.9 Å². The van der Waals surface area contributed by atoms with Crippen LogP contribution in [0.2, 0.25) is 0 Å². The van der Waals surface area contributed by atoms with Gasteiger partial charge < -0.3 is 20.1 Å². The van der Waals surface area contributed by atoms with Crippen molar-refractivity contribution in [3.05, 3.63) is 59.7 Å². The van der Waals surface area contributed by atoms with Crippen molar-refractivity contribution in [2.45, 2.75) is 18.9 Å². The number of hydrogen-bond acceptors (Lipinski definition) is 4. The molecule has 1 unspecified atom stereocenters. The smallest absolute Gasteiger partial charge is 0.330 e. The van der Waals surface area contributed by atoms with E-state index in [4.69, 9.17) is 4.74 Å². The van der Waals surface area contributed by atoms with Crippen molar-refractivity contribution in [1.29, 1.82) is 0 Å². The minimum absolute atomic E-state index is 0.0224. The van der Waals surface area contributed by atoms with E-state index in [2.05, 4.69) is 5.32 Å². The Morgan fingerprint density at radius 1 is 1.19 bits per heavy atom. The second kappa shape index (κ2) is 7.90. The molecule has 2 aromatic carbocycles. The lowest BCUT2D eigenvalue weighted by molar-refractivity contribution is -0.139. The molecule has 0 radical (unpaired) electrons. The first-order valence-corrected chi connectivity index (χ1v) is 8.57. The van der Waals surface area contributed by atoms with E-state index in [1.807, 2.05) is 0 Å². The number of carbonyl (C=O) groups is 3. The molecule has 3 rings (SSSR count). The van der Waals surface area contributed by atoms with Crippen LogP contribution >= 0.6 is 0 Å². The molecule has 1 fully saturated rings. The molecule has 0 saturated carbocycles. The number of hydrogen-bond donors (Lipinski definition) is 2. The average Bonchev–Trinajstić information content (AvgIpc) is 3.12. The average molecular weight is 368 g/mol. The molecule has 0 aromatic heterocycles. The molecule has 1 saturated heterocycles. The number of anilines is 1. The number of nitrogens with one attached hydrogen (secondary N) is 1. The first-order valence-electron chi connectivity index (χ1n) is 8.57. The van der Waals surface area contributed by atoms with Gasteiger partial charge in [0.05, 0.1) is 7.11 Å². The van der Waals surface area contributed by atoms with Gasteiger partial charge in [0.25, 0.3) is 5.91 Å². The van der Waals surface area contributed by atoms with E-state index >= 15 is 0 Å². The molecule has 1 atom stereocenters. The van der Waals surface area contributed by atoms with Gasteiger partial charge in [-0.05, 0) is 42.3 Å². The molecule has 0 spiro atoms. The Morgan fingerprint density at radius 2 is 1.93 bits per heavy atom. The summed E-state index contributed by atoms with van der Waals surface area (Å²) < 4.78 is 5.06. The van der Waals surface area contributed by atoms with Gasteiger partial charge in [0, 0.05) is 24.2 Å². The maximum absolute atomic E-state index is 12.6. The largest absolute Gasteiger partial charge is 0.497 e.